The van der Waals surface area contributed by atoms with E-state index in [2.05, 4.69) is 44.7 Å². The van der Waals surface area contributed by atoms with E-state index >= 15 is 0 Å². The minimum atomic E-state index is 0.570. The fourth-order valence-corrected chi connectivity index (χ4v) is 5.04. The molecule has 0 saturated heterocycles. The number of hydrogen-bond donors (Lipinski definition) is 0. The molecule has 170 valence electrons. The van der Waals surface area contributed by atoms with E-state index in [0.717, 1.165) is 29.7 Å². The largest absolute Gasteiger partial charge is 0.371 e. The summed E-state index contributed by atoms with van der Waals surface area (Å²) in [6.45, 7) is 2.93. The second-order valence-corrected chi connectivity index (χ2v) is 8.90. The van der Waals surface area contributed by atoms with Crippen LogP contribution in [0.3, 0.4) is 0 Å². The molecule has 6 rings (SSSR count). The van der Waals surface area contributed by atoms with Gasteiger partial charge in [-0.3, -0.25) is 0 Å². The van der Waals surface area contributed by atoms with Crippen LogP contribution in [0.5, 0.6) is 0 Å². The summed E-state index contributed by atoms with van der Waals surface area (Å²) in [4.78, 5) is 2.56. The lowest BCUT2D eigenvalue weighted by molar-refractivity contribution is 0.634. The maximum absolute atomic E-state index is 4.90. The van der Waals surface area contributed by atoms with Crippen molar-refractivity contribution in [1.82, 2.24) is 20.2 Å². The van der Waals surface area contributed by atoms with Gasteiger partial charge in [0.15, 0.2) is 0 Å². The van der Waals surface area contributed by atoms with Gasteiger partial charge in [0.05, 0.1) is 18.4 Å². The number of rotatable bonds is 6. The van der Waals surface area contributed by atoms with Crippen molar-refractivity contribution < 1.29 is 0 Å². The Bertz CT molecular complexity index is 1270. The zero-order valence-corrected chi connectivity index (χ0v) is 19.1. The van der Waals surface area contributed by atoms with Crippen molar-refractivity contribution in [1.29, 1.82) is 0 Å². The molecule has 0 bridgehead atoms. The third-order valence-corrected chi connectivity index (χ3v) is 6.56. The molecule has 3 heterocycles. The van der Waals surface area contributed by atoms with Gasteiger partial charge in [-0.25, -0.2) is 4.68 Å². The maximum atomic E-state index is 4.90. The minimum Gasteiger partial charge on any atom is -0.371 e. The van der Waals surface area contributed by atoms with E-state index in [0.29, 0.717) is 12.5 Å². The molecule has 4 aromatic rings. The van der Waals surface area contributed by atoms with Crippen LogP contribution in [0.4, 0.5) is 17.3 Å². The van der Waals surface area contributed by atoms with Crippen molar-refractivity contribution in [2.24, 2.45) is 5.10 Å². The third-order valence-electron chi connectivity index (χ3n) is 6.56. The Morgan fingerprint density at radius 3 is 2.26 bits per heavy atom. The Morgan fingerprint density at radius 1 is 0.882 bits per heavy atom. The van der Waals surface area contributed by atoms with Crippen LogP contribution in [0.2, 0.25) is 0 Å². The molecule has 7 heteroatoms. The lowest BCUT2D eigenvalue weighted by Crippen LogP contribution is -2.34. The van der Waals surface area contributed by atoms with Crippen LogP contribution in [0.25, 0.3) is 0 Å². The number of aromatic nitrogens is 4. The van der Waals surface area contributed by atoms with E-state index in [1.807, 2.05) is 59.8 Å². The molecular weight excluding hydrogens is 422 g/mol. The van der Waals surface area contributed by atoms with Crippen LogP contribution < -0.4 is 9.91 Å². The second-order valence-electron chi connectivity index (χ2n) is 8.90. The highest BCUT2D eigenvalue weighted by molar-refractivity contribution is 5.84. The van der Waals surface area contributed by atoms with Crippen LogP contribution in [0.15, 0.2) is 77.9 Å². The lowest BCUT2D eigenvalue weighted by Gasteiger charge is -2.37. The van der Waals surface area contributed by atoms with Crippen molar-refractivity contribution in [3.8, 4) is 0 Å². The lowest BCUT2D eigenvalue weighted by atomic mass is 9.90. The fourth-order valence-electron chi connectivity index (χ4n) is 5.04. The van der Waals surface area contributed by atoms with Crippen molar-refractivity contribution in [2.75, 3.05) is 23.0 Å². The van der Waals surface area contributed by atoms with E-state index in [-0.39, 0.29) is 0 Å². The molecule has 0 saturated carbocycles. The zero-order valence-electron chi connectivity index (χ0n) is 19.1. The smallest absolute Gasteiger partial charge is 0.271 e. The number of hydrogen-bond acceptors (Lipinski definition) is 6. The van der Waals surface area contributed by atoms with Gasteiger partial charge in [-0.2, -0.15) is 10.1 Å². The zero-order chi connectivity index (χ0) is 22.7. The molecule has 0 amide bonds. The number of para-hydroxylation sites is 1. The average Bonchev–Trinajstić information content (AvgIpc) is 3.33. The number of nitrogens with zero attached hydrogens (tertiary/aromatic N) is 7. The van der Waals surface area contributed by atoms with Crippen LogP contribution >= 0.6 is 0 Å². The molecule has 0 fully saturated rings. The Hall–Kier alpha value is -4.00. The van der Waals surface area contributed by atoms with Gasteiger partial charge in [0.2, 0.25) is 0 Å². The van der Waals surface area contributed by atoms with Gasteiger partial charge < -0.3 is 4.90 Å². The summed E-state index contributed by atoms with van der Waals surface area (Å²) in [5, 5.41) is 19.3. The predicted octanol–water partition coefficient (Wildman–Crippen LogP) is 4.59. The number of aryl methyl sites for hydroxylation is 2. The topological polar surface area (TPSA) is 62.4 Å². The molecule has 2 aliphatic heterocycles. The monoisotopic (exact) mass is 449 g/mol. The van der Waals surface area contributed by atoms with Gasteiger partial charge in [-0.15, -0.1) is 0 Å². The summed E-state index contributed by atoms with van der Waals surface area (Å²) >= 11 is 0. The van der Waals surface area contributed by atoms with Gasteiger partial charge in [0, 0.05) is 18.8 Å². The number of tetrazole rings is 1. The Labute approximate surface area is 199 Å². The highest BCUT2D eigenvalue weighted by Gasteiger charge is 2.24. The van der Waals surface area contributed by atoms with Crippen molar-refractivity contribution >= 4 is 23.5 Å². The Kier molecular flexibility index (Phi) is 5.51. The van der Waals surface area contributed by atoms with Crippen LogP contribution in [-0.2, 0) is 19.4 Å². The Balaban J connectivity index is 1.36. The Morgan fingerprint density at radius 2 is 1.56 bits per heavy atom. The van der Waals surface area contributed by atoms with Gasteiger partial charge >= 0.3 is 0 Å². The molecular formula is C27H27N7. The first-order chi connectivity index (χ1) is 16.8. The quantitative estimate of drug-likeness (QED) is 0.318. The van der Waals surface area contributed by atoms with E-state index in [9.17, 15) is 0 Å². The first kappa shape index (κ1) is 20.6. The SMILES string of the molecule is C(=N\N(c1ccccc1)c1nnnn1Cc1ccccc1)/c1cc2c3c(c1)CCCN3CCC2. The molecule has 0 unspecified atom stereocenters. The number of anilines is 3. The fraction of sp³-hybridized carbons (Fsp3) is 0.259. The predicted molar refractivity (Wildman–Crippen MR) is 135 cm³/mol. The summed E-state index contributed by atoms with van der Waals surface area (Å²) in [5.74, 6) is 0.580. The molecule has 3 aromatic carbocycles. The molecule has 1 aromatic heterocycles. The van der Waals surface area contributed by atoms with E-state index in [4.69, 9.17) is 5.10 Å². The first-order valence-electron chi connectivity index (χ1n) is 12.0. The van der Waals surface area contributed by atoms with Gasteiger partial charge in [0.1, 0.15) is 0 Å². The minimum absolute atomic E-state index is 0.570. The van der Waals surface area contributed by atoms with Gasteiger partial charge in [-0.05, 0) is 82.6 Å². The summed E-state index contributed by atoms with van der Waals surface area (Å²) < 4.78 is 1.79. The highest BCUT2D eigenvalue weighted by Crippen LogP contribution is 2.36. The van der Waals surface area contributed by atoms with E-state index < -0.39 is 0 Å². The van der Waals surface area contributed by atoms with Gasteiger partial charge in [0.25, 0.3) is 5.95 Å². The molecule has 34 heavy (non-hydrogen) atoms. The molecule has 7 nitrogen and oxygen atoms in total. The molecule has 0 spiro atoms. The van der Waals surface area contributed by atoms with Crippen LogP contribution in [0.1, 0.15) is 35.1 Å². The summed E-state index contributed by atoms with van der Waals surface area (Å²) in [6.07, 6.45) is 6.66. The maximum Gasteiger partial charge on any atom is 0.271 e. The van der Waals surface area contributed by atoms with Crippen LogP contribution in [0, 0.1) is 0 Å². The van der Waals surface area contributed by atoms with E-state index in [1.54, 1.807) is 4.68 Å². The summed E-state index contributed by atoms with van der Waals surface area (Å²) in [5.41, 5.74) is 7.54. The highest BCUT2D eigenvalue weighted by atomic mass is 15.6. The molecule has 2 aliphatic rings. The summed E-state index contributed by atoms with van der Waals surface area (Å²) in [7, 11) is 0. The first-order valence-corrected chi connectivity index (χ1v) is 12.0. The average molecular weight is 450 g/mol. The normalized spacial score (nSPS) is 14.9. The summed E-state index contributed by atoms with van der Waals surface area (Å²) in [6, 6.07) is 24.8. The number of hydrazone groups is 1. The molecule has 0 atom stereocenters. The number of benzene rings is 3. The van der Waals surface area contributed by atoms with Crippen molar-refractivity contribution in [3.63, 3.8) is 0 Å². The molecule has 0 N–H and O–H groups in total. The second kappa shape index (κ2) is 9.09. The van der Waals surface area contributed by atoms with Crippen molar-refractivity contribution in [2.45, 2.75) is 32.2 Å². The van der Waals surface area contributed by atoms with Gasteiger partial charge in [-0.1, -0.05) is 53.6 Å². The van der Waals surface area contributed by atoms with Crippen molar-refractivity contribution in [3.05, 3.63) is 95.1 Å². The van der Waals surface area contributed by atoms with E-state index in [1.165, 1.54) is 42.7 Å². The van der Waals surface area contributed by atoms with Crippen LogP contribution in [-0.4, -0.2) is 39.5 Å². The third kappa shape index (κ3) is 4.05. The standard InChI is InChI=1S/C27H27N7/c1-3-9-21(10-4-1)20-33-27(29-30-31-33)34(25-13-5-2-6-14-25)28-19-22-17-23-11-7-15-32-16-8-12-24(18-22)26(23)32/h1-6,9-10,13-14,17-19H,7-8,11-12,15-16,20H2/b28-19+. The molecule has 0 aliphatic carbocycles. The molecule has 0 radical (unpaired) electrons.